The van der Waals surface area contributed by atoms with E-state index >= 15 is 0 Å². The quantitative estimate of drug-likeness (QED) is 0.894. The number of hydrogen-bond acceptors (Lipinski definition) is 4. The number of carbonyl (C=O) groups excluding carboxylic acids is 1. The summed E-state index contributed by atoms with van der Waals surface area (Å²) in [7, 11) is 0. The molecule has 2 heterocycles. The van der Waals surface area contributed by atoms with Crippen molar-refractivity contribution in [3.05, 3.63) is 45.9 Å². The van der Waals surface area contributed by atoms with Gasteiger partial charge < -0.3 is 10.5 Å². The van der Waals surface area contributed by atoms with Gasteiger partial charge in [-0.15, -0.1) is 0 Å². The van der Waals surface area contributed by atoms with Gasteiger partial charge in [0, 0.05) is 0 Å². The highest BCUT2D eigenvalue weighted by Gasteiger charge is 2.37. The highest BCUT2D eigenvalue weighted by Crippen LogP contribution is 2.36. The van der Waals surface area contributed by atoms with Crippen molar-refractivity contribution in [1.82, 2.24) is 4.98 Å². The average Bonchev–Trinajstić information content (AvgIpc) is 2.53. The maximum atomic E-state index is 12.9. The fourth-order valence-corrected chi connectivity index (χ4v) is 2.90. The van der Waals surface area contributed by atoms with Gasteiger partial charge in [0.1, 0.15) is 5.82 Å². The highest BCUT2D eigenvalue weighted by atomic mass is 35.5. The molecule has 2 aromatic rings. The van der Waals surface area contributed by atoms with Crippen molar-refractivity contribution >= 4 is 40.7 Å². The molecule has 2 N–H and O–H groups in total. The number of hydrogen-bond donors (Lipinski definition) is 1. The van der Waals surface area contributed by atoms with E-state index in [1.54, 1.807) is 29.2 Å². The number of amides is 1. The minimum absolute atomic E-state index is 0.0273. The lowest BCUT2D eigenvalue weighted by Crippen LogP contribution is -2.48. The van der Waals surface area contributed by atoms with Gasteiger partial charge in [0.05, 0.1) is 16.6 Å². The molecular weight excluding hydrogens is 349 g/mol. The molecule has 0 fully saturated rings. The van der Waals surface area contributed by atoms with E-state index < -0.39 is 6.10 Å². The summed E-state index contributed by atoms with van der Waals surface area (Å²) >= 11 is 12.0. The fraction of sp³-hybridized carbons (Fsp3) is 0.294. The van der Waals surface area contributed by atoms with E-state index in [2.05, 4.69) is 4.98 Å². The van der Waals surface area contributed by atoms with E-state index in [0.717, 1.165) is 5.56 Å². The second kappa shape index (κ2) is 6.49. The predicted octanol–water partition coefficient (Wildman–Crippen LogP) is 3.92. The fourth-order valence-electron chi connectivity index (χ4n) is 2.58. The summed E-state index contributed by atoms with van der Waals surface area (Å²) in [5, 5.41) is 0.910. The van der Waals surface area contributed by atoms with Crippen LogP contribution in [0.25, 0.3) is 0 Å². The Balaban J connectivity index is 2.01. The lowest BCUT2D eigenvalue weighted by molar-refractivity contribution is -0.128. The Kier molecular flexibility index (Phi) is 4.56. The van der Waals surface area contributed by atoms with Crippen molar-refractivity contribution < 1.29 is 9.53 Å². The van der Waals surface area contributed by atoms with Crippen molar-refractivity contribution in [1.29, 1.82) is 0 Å². The number of benzene rings is 1. The lowest BCUT2D eigenvalue weighted by atomic mass is 10.0. The van der Waals surface area contributed by atoms with Crippen LogP contribution < -0.4 is 15.4 Å². The minimum Gasteiger partial charge on any atom is -0.476 e. The largest absolute Gasteiger partial charge is 0.476 e. The Hall–Kier alpha value is -1.98. The smallest absolute Gasteiger partial charge is 0.269 e. The van der Waals surface area contributed by atoms with Crippen LogP contribution >= 0.6 is 23.2 Å². The SMILES string of the molecule is CC(C)C1Oc2ccc(N)nc2N(Cc2ccc(Cl)c(Cl)c2)C1=O. The predicted molar refractivity (Wildman–Crippen MR) is 95.6 cm³/mol. The monoisotopic (exact) mass is 365 g/mol. The third-order valence-electron chi connectivity index (χ3n) is 3.81. The van der Waals surface area contributed by atoms with Gasteiger partial charge in [0.15, 0.2) is 17.7 Å². The highest BCUT2D eigenvalue weighted by molar-refractivity contribution is 6.42. The van der Waals surface area contributed by atoms with Crippen LogP contribution in [0.4, 0.5) is 11.6 Å². The molecule has 1 aliphatic heterocycles. The summed E-state index contributed by atoms with van der Waals surface area (Å²) in [6.07, 6.45) is -0.564. The second-order valence-corrected chi connectivity index (χ2v) is 6.83. The maximum Gasteiger partial charge on any atom is 0.269 e. The van der Waals surface area contributed by atoms with Crippen LogP contribution in [0, 0.1) is 5.92 Å². The lowest BCUT2D eigenvalue weighted by Gasteiger charge is -2.35. The topological polar surface area (TPSA) is 68.5 Å². The summed E-state index contributed by atoms with van der Waals surface area (Å²) in [4.78, 5) is 18.7. The van der Waals surface area contributed by atoms with Crippen LogP contribution in [0.2, 0.25) is 10.0 Å². The number of pyridine rings is 1. The third-order valence-corrected chi connectivity index (χ3v) is 4.55. The molecule has 1 aromatic heterocycles. The van der Waals surface area contributed by atoms with E-state index in [9.17, 15) is 4.79 Å². The number of nitrogens with two attached hydrogens (primary N) is 1. The molecule has 1 atom stereocenters. The minimum atomic E-state index is -0.564. The Bertz CT molecular complexity index is 795. The van der Waals surface area contributed by atoms with Crippen molar-refractivity contribution in [2.24, 2.45) is 5.92 Å². The summed E-state index contributed by atoms with van der Waals surface area (Å²) < 4.78 is 5.81. The molecule has 0 aliphatic carbocycles. The van der Waals surface area contributed by atoms with Gasteiger partial charge in [0.2, 0.25) is 0 Å². The number of carbonyl (C=O) groups is 1. The molecule has 126 valence electrons. The molecule has 0 bridgehead atoms. The van der Waals surface area contributed by atoms with Crippen LogP contribution in [0.3, 0.4) is 0 Å². The number of rotatable bonds is 3. The Labute approximate surface area is 150 Å². The first kappa shape index (κ1) is 16.9. The normalized spacial score (nSPS) is 17.0. The van der Waals surface area contributed by atoms with Crippen molar-refractivity contribution in [3.63, 3.8) is 0 Å². The summed E-state index contributed by atoms with van der Waals surface area (Å²) in [6, 6.07) is 8.67. The van der Waals surface area contributed by atoms with Crippen LogP contribution in [-0.4, -0.2) is 17.0 Å². The molecule has 24 heavy (non-hydrogen) atoms. The van der Waals surface area contributed by atoms with Gasteiger partial charge in [-0.25, -0.2) is 4.98 Å². The van der Waals surface area contributed by atoms with E-state index in [-0.39, 0.29) is 11.8 Å². The molecule has 1 aliphatic rings. The molecule has 0 saturated carbocycles. The second-order valence-electron chi connectivity index (χ2n) is 6.01. The molecule has 0 spiro atoms. The average molecular weight is 366 g/mol. The number of ether oxygens (including phenoxy) is 1. The molecule has 5 nitrogen and oxygen atoms in total. The van der Waals surface area contributed by atoms with E-state index in [4.69, 9.17) is 33.7 Å². The summed E-state index contributed by atoms with van der Waals surface area (Å²) in [5.41, 5.74) is 6.62. The third kappa shape index (κ3) is 3.14. The molecule has 0 radical (unpaired) electrons. The number of nitrogens with zero attached hydrogens (tertiary/aromatic N) is 2. The number of fused-ring (bicyclic) bond motifs is 1. The zero-order chi connectivity index (χ0) is 17.4. The Morgan fingerprint density at radius 2 is 2.00 bits per heavy atom. The number of aromatic nitrogens is 1. The van der Waals surface area contributed by atoms with Gasteiger partial charge in [-0.05, 0) is 35.7 Å². The van der Waals surface area contributed by atoms with E-state index in [1.807, 2.05) is 19.9 Å². The first-order valence-corrected chi connectivity index (χ1v) is 8.31. The van der Waals surface area contributed by atoms with Gasteiger partial charge in [0.25, 0.3) is 5.91 Å². The number of halogens is 2. The van der Waals surface area contributed by atoms with E-state index in [0.29, 0.717) is 34.0 Å². The molecule has 1 unspecified atom stereocenters. The van der Waals surface area contributed by atoms with Crippen molar-refractivity contribution in [3.8, 4) is 5.75 Å². The Morgan fingerprint density at radius 3 is 2.67 bits per heavy atom. The Morgan fingerprint density at radius 1 is 1.25 bits per heavy atom. The first-order chi connectivity index (χ1) is 11.4. The number of nitrogen functional groups attached to an aromatic ring is 1. The van der Waals surface area contributed by atoms with Gasteiger partial charge in [-0.1, -0.05) is 43.1 Å². The molecule has 1 amide bonds. The molecule has 3 rings (SSSR count). The maximum absolute atomic E-state index is 12.9. The van der Waals surface area contributed by atoms with E-state index in [1.165, 1.54) is 0 Å². The molecular formula is C17H17Cl2N3O2. The number of anilines is 2. The van der Waals surface area contributed by atoms with Crippen LogP contribution in [0.1, 0.15) is 19.4 Å². The van der Waals surface area contributed by atoms with Gasteiger partial charge >= 0.3 is 0 Å². The summed E-state index contributed by atoms with van der Waals surface area (Å²) in [5.74, 6) is 1.17. The van der Waals surface area contributed by atoms with Gasteiger partial charge in [-0.3, -0.25) is 9.69 Å². The standard InChI is InChI=1S/C17H17Cl2N3O2/c1-9(2)15-17(23)22(8-10-3-4-11(18)12(19)7-10)16-13(24-15)5-6-14(20)21-16/h3-7,9,15H,8H2,1-2H3,(H2,20,21). The van der Waals surface area contributed by atoms with Crippen LogP contribution in [0.15, 0.2) is 30.3 Å². The summed E-state index contributed by atoms with van der Waals surface area (Å²) in [6.45, 7) is 4.19. The molecule has 1 aromatic carbocycles. The zero-order valence-electron chi connectivity index (χ0n) is 13.3. The van der Waals surface area contributed by atoms with Crippen molar-refractivity contribution in [2.75, 3.05) is 10.6 Å². The van der Waals surface area contributed by atoms with Crippen LogP contribution in [-0.2, 0) is 11.3 Å². The van der Waals surface area contributed by atoms with Crippen molar-refractivity contribution in [2.45, 2.75) is 26.5 Å². The van der Waals surface area contributed by atoms with Gasteiger partial charge in [-0.2, -0.15) is 0 Å². The van der Waals surface area contributed by atoms with Crippen LogP contribution in [0.5, 0.6) is 5.75 Å². The molecule has 0 saturated heterocycles. The zero-order valence-corrected chi connectivity index (χ0v) is 14.8. The first-order valence-electron chi connectivity index (χ1n) is 7.55. The molecule has 7 heteroatoms.